The molecule has 0 spiro atoms. The number of ether oxygens (including phenoxy) is 3. The van der Waals surface area contributed by atoms with Gasteiger partial charge in [0, 0.05) is 6.42 Å². The Labute approximate surface area is 72.3 Å². The van der Waals surface area contributed by atoms with Gasteiger partial charge in [-0.1, -0.05) is 6.92 Å². The molecule has 2 rings (SSSR count). The zero-order valence-corrected chi connectivity index (χ0v) is 7.66. The van der Waals surface area contributed by atoms with Gasteiger partial charge in [0.1, 0.15) is 6.10 Å². The summed E-state index contributed by atoms with van der Waals surface area (Å²) in [4.78, 5) is 0. The minimum absolute atomic E-state index is 0.00468. The maximum Gasteiger partial charge on any atom is 0.232 e. The van der Waals surface area contributed by atoms with Crippen LogP contribution in [0.5, 0.6) is 0 Å². The third-order valence-corrected chi connectivity index (χ3v) is 2.05. The van der Waals surface area contributed by atoms with E-state index in [4.69, 9.17) is 14.2 Å². The van der Waals surface area contributed by atoms with Crippen molar-refractivity contribution in [3.8, 4) is 0 Å². The van der Waals surface area contributed by atoms with Crippen LogP contribution >= 0.6 is 0 Å². The van der Waals surface area contributed by atoms with Gasteiger partial charge in [0.2, 0.25) is 6.29 Å². The predicted molar refractivity (Wildman–Crippen MR) is 43.3 cm³/mol. The standard InChI is InChI=1S/C9H14O3/c1-4-6-5-7-8(10-6)12-9(2,3)11-7/h5,7-8H,4H2,1-3H3/t7?,8-/m0/s1. The van der Waals surface area contributed by atoms with Crippen LogP contribution in [0.3, 0.4) is 0 Å². The van der Waals surface area contributed by atoms with Crippen LogP contribution in [0, 0.1) is 0 Å². The van der Waals surface area contributed by atoms with Crippen molar-refractivity contribution in [2.75, 3.05) is 0 Å². The molecule has 1 fully saturated rings. The third-order valence-electron chi connectivity index (χ3n) is 2.05. The summed E-state index contributed by atoms with van der Waals surface area (Å²) in [5.74, 6) is 0.478. The van der Waals surface area contributed by atoms with Gasteiger partial charge in [0.15, 0.2) is 5.79 Å². The lowest BCUT2D eigenvalue weighted by atomic mass is 10.3. The molecule has 2 heterocycles. The van der Waals surface area contributed by atoms with Crippen molar-refractivity contribution >= 4 is 0 Å². The molecule has 68 valence electrons. The molecule has 3 heteroatoms. The first-order chi connectivity index (χ1) is 5.61. The largest absolute Gasteiger partial charge is 0.466 e. The molecule has 0 aromatic rings. The summed E-state index contributed by atoms with van der Waals surface area (Å²) in [6.07, 6.45) is 2.68. The van der Waals surface area contributed by atoms with Gasteiger partial charge in [-0.3, -0.25) is 0 Å². The first kappa shape index (κ1) is 8.08. The van der Waals surface area contributed by atoms with Crippen LogP contribution in [-0.2, 0) is 14.2 Å². The lowest BCUT2D eigenvalue weighted by Crippen LogP contribution is -2.22. The molecular formula is C9H14O3. The smallest absolute Gasteiger partial charge is 0.232 e. The summed E-state index contributed by atoms with van der Waals surface area (Å²) in [6, 6.07) is 0. The molecule has 0 amide bonds. The summed E-state index contributed by atoms with van der Waals surface area (Å²) < 4.78 is 16.6. The SMILES string of the molecule is CCC1=CC2OC(C)(C)O[C@@H]2O1. The Morgan fingerprint density at radius 1 is 1.42 bits per heavy atom. The fourth-order valence-electron chi connectivity index (χ4n) is 1.53. The molecule has 0 aromatic carbocycles. The van der Waals surface area contributed by atoms with Gasteiger partial charge in [-0.2, -0.15) is 0 Å². The van der Waals surface area contributed by atoms with Crippen molar-refractivity contribution < 1.29 is 14.2 Å². The van der Waals surface area contributed by atoms with E-state index >= 15 is 0 Å². The molecule has 0 saturated carbocycles. The van der Waals surface area contributed by atoms with E-state index in [0.717, 1.165) is 12.2 Å². The van der Waals surface area contributed by atoms with Gasteiger partial charge < -0.3 is 14.2 Å². The molecule has 2 aliphatic rings. The Balaban J connectivity index is 2.08. The lowest BCUT2D eigenvalue weighted by Gasteiger charge is -2.17. The average Bonchev–Trinajstić information content (AvgIpc) is 2.40. The molecule has 0 N–H and O–H groups in total. The monoisotopic (exact) mass is 170 g/mol. The Morgan fingerprint density at radius 2 is 2.17 bits per heavy atom. The second-order valence-electron chi connectivity index (χ2n) is 3.57. The second kappa shape index (κ2) is 2.47. The Kier molecular flexibility index (Phi) is 1.66. The van der Waals surface area contributed by atoms with E-state index < -0.39 is 5.79 Å². The van der Waals surface area contributed by atoms with Gasteiger partial charge in [0.25, 0.3) is 0 Å². The van der Waals surface area contributed by atoms with Gasteiger partial charge >= 0.3 is 0 Å². The summed E-state index contributed by atoms with van der Waals surface area (Å²) in [5, 5.41) is 0. The summed E-state index contributed by atoms with van der Waals surface area (Å²) in [6.45, 7) is 5.85. The highest BCUT2D eigenvalue weighted by molar-refractivity contribution is 5.07. The molecule has 12 heavy (non-hydrogen) atoms. The van der Waals surface area contributed by atoms with E-state index in [1.165, 1.54) is 0 Å². The molecule has 2 atom stereocenters. The number of hydrogen-bond donors (Lipinski definition) is 0. The van der Waals surface area contributed by atoms with Crippen molar-refractivity contribution in [3.05, 3.63) is 11.8 Å². The number of rotatable bonds is 1. The van der Waals surface area contributed by atoms with E-state index in [0.29, 0.717) is 0 Å². The van der Waals surface area contributed by atoms with Crippen LogP contribution in [0.2, 0.25) is 0 Å². The van der Waals surface area contributed by atoms with E-state index in [1.54, 1.807) is 0 Å². The van der Waals surface area contributed by atoms with Crippen molar-refractivity contribution in [1.29, 1.82) is 0 Å². The molecule has 1 saturated heterocycles. The molecule has 2 aliphatic heterocycles. The fourth-order valence-corrected chi connectivity index (χ4v) is 1.53. The Morgan fingerprint density at radius 3 is 2.75 bits per heavy atom. The van der Waals surface area contributed by atoms with Crippen molar-refractivity contribution in [1.82, 2.24) is 0 Å². The first-order valence-electron chi connectivity index (χ1n) is 4.34. The minimum Gasteiger partial charge on any atom is -0.466 e. The maximum atomic E-state index is 5.58. The van der Waals surface area contributed by atoms with Gasteiger partial charge in [0.05, 0.1) is 5.76 Å². The first-order valence-corrected chi connectivity index (χ1v) is 4.34. The number of fused-ring (bicyclic) bond motifs is 1. The van der Waals surface area contributed by atoms with E-state index in [1.807, 2.05) is 19.9 Å². The Bertz CT molecular complexity index is 220. The van der Waals surface area contributed by atoms with Gasteiger partial charge in [-0.15, -0.1) is 0 Å². The van der Waals surface area contributed by atoms with Crippen LogP contribution in [0.25, 0.3) is 0 Å². The molecule has 3 nitrogen and oxygen atoms in total. The van der Waals surface area contributed by atoms with Crippen molar-refractivity contribution in [2.45, 2.75) is 45.4 Å². The number of hydrogen-bond acceptors (Lipinski definition) is 3. The Hall–Kier alpha value is -0.540. The van der Waals surface area contributed by atoms with Crippen LogP contribution in [0.4, 0.5) is 0 Å². The zero-order valence-electron chi connectivity index (χ0n) is 7.66. The fraction of sp³-hybridized carbons (Fsp3) is 0.778. The van der Waals surface area contributed by atoms with E-state index in [9.17, 15) is 0 Å². The lowest BCUT2D eigenvalue weighted by molar-refractivity contribution is -0.181. The third kappa shape index (κ3) is 1.23. The minimum atomic E-state index is -0.495. The molecule has 0 radical (unpaired) electrons. The zero-order chi connectivity index (χ0) is 8.77. The van der Waals surface area contributed by atoms with E-state index in [-0.39, 0.29) is 12.4 Å². The number of allylic oxidation sites excluding steroid dienone is 1. The van der Waals surface area contributed by atoms with E-state index in [2.05, 4.69) is 6.92 Å². The second-order valence-corrected chi connectivity index (χ2v) is 3.57. The average molecular weight is 170 g/mol. The van der Waals surface area contributed by atoms with Crippen LogP contribution in [-0.4, -0.2) is 18.2 Å². The molecule has 1 unspecified atom stereocenters. The molecular weight excluding hydrogens is 156 g/mol. The predicted octanol–water partition coefficient (Wildman–Crippen LogP) is 1.79. The summed E-state index contributed by atoms with van der Waals surface area (Å²) in [5.41, 5.74) is 0. The van der Waals surface area contributed by atoms with Crippen LogP contribution in [0.15, 0.2) is 11.8 Å². The normalized spacial score (nSPS) is 37.4. The quantitative estimate of drug-likeness (QED) is 0.600. The van der Waals surface area contributed by atoms with Crippen LogP contribution < -0.4 is 0 Å². The van der Waals surface area contributed by atoms with Crippen molar-refractivity contribution in [3.63, 3.8) is 0 Å². The van der Waals surface area contributed by atoms with Gasteiger partial charge in [-0.25, -0.2) is 0 Å². The highest BCUT2D eigenvalue weighted by Crippen LogP contribution is 2.35. The maximum absolute atomic E-state index is 5.58. The van der Waals surface area contributed by atoms with Gasteiger partial charge in [-0.05, 0) is 19.9 Å². The summed E-state index contributed by atoms with van der Waals surface area (Å²) >= 11 is 0. The van der Waals surface area contributed by atoms with Crippen molar-refractivity contribution in [2.24, 2.45) is 0 Å². The highest BCUT2D eigenvalue weighted by atomic mass is 16.8. The molecule has 0 aliphatic carbocycles. The van der Waals surface area contributed by atoms with Crippen LogP contribution in [0.1, 0.15) is 27.2 Å². The summed E-state index contributed by atoms with van der Waals surface area (Å²) in [7, 11) is 0. The topological polar surface area (TPSA) is 27.7 Å². The molecule has 0 bridgehead atoms. The highest BCUT2D eigenvalue weighted by Gasteiger charge is 2.45. The molecule has 0 aromatic heterocycles.